The van der Waals surface area contributed by atoms with Crippen LogP contribution in [-0.2, 0) is 5.41 Å². The van der Waals surface area contributed by atoms with Crippen molar-refractivity contribution in [1.82, 2.24) is 4.57 Å². The van der Waals surface area contributed by atoms with Gasteiger partial charge in [-0.1, -0.05) is 109 Å². The molecule has 0 saturated carbocycles. The lowest BCUT2D eigenvalue weighted by atomic mass is 9.74. The van der Waals surface area contributed by atoms with Gasteiger partial charge in [0.15, 0.2) is 0 Å². The van der Waals surface area contributed by atoms with Crippen LogP contribution in [0.1, 0.15) is 46.4 Å². The van der Waals surface area contributed by atoms with E-state index in [2.05, 4.69) is 115 Å². The van der Waals surface area contributed by atoms with Crippen molar-refractivity contribution in [3.63, 3.8) is 0 Å². The summed E-state index contributed by atoms with van der Waals surface area (Å²) < 4.78 is 2.35. The molecule has 1 aromatic heterocycles. The molecule has 0 amide bonds. The molecule has 0 fully saturated rings. The monoisotopic (exact) mass is 541 g/mol. The van der Waals surface area contributed by atoms with Crippen molar-refractivity contribution in [2.45, 2.75) is 25.4 Å². The molecule has 2 nitrogen and oxygen atoms in total. The lowest BCUT2D eigenvalue weighted by Crippen LogP contribution is -2.22. The first kappa shape index (κ1) is 24.8. The number of hydrogen-bond donors (Lipinski definition) is 1. The molecule has 42 heavy (non-hydrogen) atoms. The van der Waals surface area contributed by atoms with Crippen LogP contribution in [0.3, 0.4) is 0 Å². The number of fused-ring (bicyclic) bond motifs is 6. The Morgan fingerprint density at radius 1 is 0.571 bits per heavy atom. The van der Waals surface area contributed by atoms with Gasteiger partial charge in [0, 0.05) is 21.9 Å². The van der Waals surface area contributed by atoms with E-state index in [1.165, 1.54) is 55.2 Å². The van der Waals surface area contributed by atoms with Crippen molar-refractivity contribution >= 4 is 21.8 Å². The largest absolute Gasteiger partial charge is 0.384 e. The van der Waals surface area contributed by atoms with E-state index >= 15 is 0 Å². The minimum absolute atomic E-state index is 0.241. The van der Waals surface area contributed by atoms with E-state index in [0.717, 1.165) is 16.8 Å². The maximum Gasteiger partial charge on any atom is 0.104 e. The summed E-state index contributed by atoms with van der Waals surface area (Å²) in [5.41, 5.74) is 12.9. The zero-order valence-corrected chi connectivity index (χ0v) is 23.8. The predicted octanol–water partition coefficient (Wildman–Crippen LogP) is 9.51. The van der Waals surface area contributed by atoms with Crippen molar-refractivity contribution in [2.75, 3.05) is 0 Å². The number of benzene rings is 6. The second-order valence-corrected chi connectivity index (χ2v) is 11.7. The highest BCUT2D eigenvalue weighted by atomic mass is 16.3. The number of aryl methyl sites for hydroxylation is 1. The van der Waals surface area contributed by atoms with E-state index in [1.54, 1.807) is 0 Å². The Morgan fingerprint density at radius 2 is 1.12 bits per heavy atom. The van der Waals surface area contributed by atoms with Gasteiger partial charge in [-0.15, -0.1) is 0 Å². The van der Waals surface area contributed by atoms with Crippen LogP contribution in [0, 0.1) is 6.92 Å². The number of aliphatic hydroxyl groups excluding tert-OH is 1. The molecule has 7 aromatic rings. The van der Waals surface area contributed by atoms with Gasteiger partial charge in [0.1, 0.15) is 6.10 Å². The zero-order chi connectivity index (χ0) is 28.4. The third-order valence-corrected chi connectivity index (χ3v) is 9.30. The highest BCUT2D eigenvalue weighted by Crippen LogP contribution is 2.52. The van der Waals surface area contributed by atoms with Crippen LogP contribution < -0.4 is 0 Å². The fourth-order valence-electron chi connectivity index (χ4n) is 7.12. The Hall–Kier alpha value is -4.92. The van der Waals surface area contributed by atoms with E-state index in [9.17, 15) is 5.11 Å². The topological polar surface area (TPSA) is 25.2 Å². The Labute approximate surface area is 246 Å². The summed E-state index contributed by atoms with van der Waals surface area (Å²) >= 11 is 0. The molecule has 1 N–H and O–H groups in total. The SMILES string of the molecule is Cc1ccc2c(c1)c1cc(C3(C)c4ccccc4-c4ccccc43)ccc1n2-c1ccc(C(O)c2ccccc2)cc1. The van der Waals surface area contributed by atoms with E-state index < -0.39 is 6.10 Å². The molecule has 0 radical (unpaired) electrons. The van der Waals surface area contributed by atoms with Crippen LogP contribution in [0.4, 0.5) is 0 Å². The molecular formula is C40H31NO. The molecule has 0 spiro atoms. The van der Waals surface area contributed by atoms with Crippen LogP contribution in [0.5, 0.6) is 0 Å². The zero-order valence-electron chi connectivity index (χ0n) is 23.8. The van der Waals surface area contributed by atoms with E-state index in [4.69, 9.17) is 0 Å². The van der Waals surface area contributed by atoms with E-state index in [0.29, 0.717) is 0 Å². The first-order valence-corrected chi connectivity index (χ1v) is 14.6. The fraction of sp³-hybridized carbons (Fsp3) is 0.100. The Kier molecular flexibility index (Phi) is 5.50. The van der Waals surface area contributed by atoms with Gasteiger partial charge in [0.2, 0.25) is 0 Å². The van der Waals surface area contributed by atoms with Crippen LogP contribution in [-0.4, -0.2) is 9.67 Å². The molecule has 1 aliphatic carbocycles. The summed E-state index contributed by atoms with van der Waals surface area (Å²) in [5.74, 6) is 0. The average molecular weight is 542 g/mol. The average Bonchev–Trinajstić information content (AvgIpc) is 3.51. The molecule has 0 aliphatic heterocycles. The second kappa shape index (κ2) is 9.30. The van der Waals surface area contributed by atoms with Crippen molar-refractivity contribution in [3.8, 4) is 16.8 Å². The Balaban J connectivity index is 1.31. The summed E-state index contributed by atoms with van der Waals surface area (Å²) in [6.45, 7) is 4.54. The number of hydrogen-bond acceptors (Lipinski definition) is 1. The van der Waals surface area contributed by atoms with Gasteiger partial charge < -0.3 is 9.67 Å². The maximum atomic E-state index is 11.0. The van der Waals surface area contributed by atoms with Gasteiger partial charge in [0.25, 0.3) is 0 Å². The summed E-state index contributed by atoms with van der Waals surface area (Å²) in [5, 5.41) is 13.5. The number of aliphatic hydroxyl groups is 1. The summed E-state index contributed by atoms with van der Waals surface area (Å²) in [7, 11) is 0. The van der Waals surface area contributed by atoms with E-state index in [-0.39, 0.29) is 5.41 Å². The number of nitrogens with zero attached hydrogens (tertiary/aromatic N) is 1. The Morgan fingerprint density at radius 3 is 1.79 bits per heavy atom. The van der Waals surface area contributed by atoms with Gasteiger partial charge in [-0.3, -0.25) is 0 Å². The quantitative estimate of drug-likeness (QED) is 0.236. The molecule has 8 rings (SSSR count). The third-order valence-electron chi connectivity index (χ3n) is 9.30. The fourth-order valence-corrected chi connectivity index (χ4v) is 7.12. The van der Waals surface area contributed by atoms with Crippen LogP contribution in [0.2, 0.25) is 0 Å². The molecular weight excluding hydrogens is 510 g/mol. The highest BCUT2D eigenvalue weighted by Gasteiger charge is 2.40. The van der Waals surface area contributed by atoms with Crippen molar-refractivity contribution in [3.05, 3.63) is 173 Å². The first-order valence-electron chi connectivity index (χ1n) is 14.6. The van der Waals surface area contributed by atoms with Crippen LogP contribution >= 0.6 is 0 Å². The standard InChI is InChI=1S/C40H31NO/c1-26-16-22-37-33(24-26)34-25-29(40(2)35-14-8-6-12-31(35)32-13-7-9-15-36(32)40)19-23-38(34)41(37)30-20-17-28(18-21-30)39(42)27-10-4-3-5-11-27/h3-25,39,42H,1-2H3. The summed E-state index contributed by atoms with van der Waals surface area (Å²) in [6.07, 6.45) is -0.651. The molecule has 6 aromatic carbocycles. The van der Waals surface area contributed by atoms with Crippen LogP contribution in [0.15, 0.2) is 140 Å². The highest BCUT2D eigenvalue weighted by molar-refractivity contribution is 6.10. The smallest absolute Gasteiger partial charge is 0.104 e. The summed E-state index contributed by atoms with van der Waals surface area (Å²) in [6, 6.07) is 49.6. The van der Waals surface area contributed by atoms with Crippen molar-refractivity contribution in [1.29, 1.82) is 0 Å². The molecule has 0 bridgehead atoms. The van der Waals surface area contributed by atoms with Gasteiger partial charge in [-0.2, -0.15) is 0 Å². The normalized spacial score (nSPS) is 14.2. The van der Waals surface area contributed by atoms with Gasteiger partial charge in [0.05, 0.1) is 11.0 Å². The molecule has 1 unspecified atom stereocenters. The first-order chi connectivity index (χ1) is 20.5. The maximum absolute atomic E-state index is 11.0. The van der Waals surface area contributed by atoms with Gasteiger partial charge >= 0.3 is 0 Å². The van der Waals surface area contributed by atoms with Gasteiger partial charge in [-0.25, -0.2) is 0 Å². The van der Waals surface area contributed by atoms with E-state index in [1.807, 2.05) is 42.5 Å². The minimum Gasteiger partial charge on any atom is -0.384 e. The molecule has 1 atom stereocenters. The lowest BCUT2D eigenvalue weighted by Gasteiger charge is -2.28. The predicted molar refractivity (Wildman–Crippen MR) is 173 cm³/mol. The third kappa shape index (κ3) is 3.55. The van der Waals surface area contributed by atoms with Gasteiger partial charge in [-0.05, 0) is 89.2 Å². The molecule has 2 heteroatoms. The molecule has 202 valence electrons. The lowest BCUT2D eigenvalue weighted by molar-refractivity contribution is 0.220. The van der Waals surface area contributed by atoms with Crippen LogP contribution in [0.25, 0.3) is 38.6 Å². The number of rotatable bonds is 4. The minimum atomic E-state index is -0.651. The second-order valence-electron chi connectivity index (χ2n) is 11.7. The number of aromatic nitrogens is 1. The molecule has 0 saturated heterocycles. The molecule has 1 aliphatic rings. The summed E-state index contributed by atoms with van der Waals surface area (Å²) in [4.78, 5) is 0. The Bertz CT molecular complexity index is 2070. The van der Waals surface area contributed by atoms with Crippen molar-refractivity contribution in [2.24, 2.45) is 0 Å². The van der Waals surface area contributed by atoms with Crippen molar-refractivity contribution < 1.29 is 5.11 Å². The molecule has 1 heterocycles.